The third-order valence-corrected chi connectivity index (χ3v) is 4.54. The molecular formula is C21H25ClN2O3. The first-order valence-electron chi connectivity index (χ1n) is 8.87. The molecule has 0 fully saturated rings. The van der Waals surface area contributed by atoms with E-state index < -0.39 is 0 Å². The summed E-state index contributed by atoms with van der Waals surface area (Å²) in [6.45, 7) is 2.95. The van der Waals surface area contributed by atoms with Crippen LogP contribution >= 0.6 is 11.6 Å². The lowest BCUT2D eigenvalue weighted by atomic mass is 10.1. The molecule has 0 radical (unpaired) electrons. The minimum Gasteiger partial charge on any atom is -0.497 e. The molecule has 0 bridgehead atoms. The highest BCUT2D eigenvalue weighted by atomic mass is 35.5. The number of nitrogens with one attached hydrogen (secondary N) is 1. The third-order valence-electron chi connectivity index (χ3n) is 4.29. The maximum Gasteiger partial charge on any atom is 0.222 e. The van der Waals surface area contributed by atoms with E-state index in [4.69, 9.17) is 16.3 Å². The fraction of sp³-hybridized carbons (Fsp3) is 0.333. The Kier molecular flexibility index (Phi) is 8.14. The summed E-state index contributed by atoms with van der Waals surface area (Å²) >= 11 is 5.88. The summed E-state index contributed by atoms with van der Waals surface area (Å²) in [6, 6.07) is 15.1. The first-order valence-corrected chi connectivity index (χ1v) is 9.25. The molecule has 2 aromatic rings. The first-order chi connectivity index (χ1) is 13.0. The van der Waals surface area contributed by atoms with Crippen molar-refractivity contribution in [1.29, 1.82) is 0 Å². The number of ether oxygens (including phenoxy) is 1. The number of hydrogen-bond donors (Lipinski definition) is 1. The monoisotopic (exact) mass is 388 g/mol. The molecule has 0 aromatic heterocycles. The Morgan fingerprint density at radius 1 is 1.00 bits per heavy atom. The molecule has 2 amide bonds. The molecule has 0 aliphatic rings. The van der Waals surface area contributed by atoms with Gasteiger partial charge in [0.05, 0.1) is 7.11 Å². The van der Waals surface area contributed by atoms with Gasteiger partial charge in [-0.1, -0.05) is 35.9 Å². The summed E-state index contributed by atoms with van der Waals surface area (Å²) in [6.07, 6.45) is 1.00. The maximum absolute atomic E-state index is 12.1. The lowest BCUT2D eigenvalue weighted by Crippen LogP contribution is -2.35. The van der Waals surface area contributed by atoms with E-state index in [9.17, 15) is 9.59 Å². The number of hydrogen-bond acceptors (Lipinski definition) is 3. The number of amides is 2. The van der Waals surface area contributed by atoms with Gasteiger partial charge in [0.2, 0.25) is 11.8 Å². The van der Waals surface area contributed by atoms with Crippen molar-refractivity contribution in [2.75, 3.05) is 20.2 Å². The Bertz CT molecular complexity index is 745. The second-order valence-corrected chi connectivity index (χ2v) is 6.69. The Balaban J connectivity index is 1.75. The molecule has 1 N–H and O–H groups in total. The number of halogens is 1. The van der Waals surface area contributed by atoms with Crippen molar-refractivity contribution < 1.29 is 14.3 Å². The zero-order valence-corrected chi connectivity index (χ0v) is 16.5. The van der Waals surface area contributed by atoms with Gasteiger partial charge in [-0.2, -0.15) is 0 Å². The Morgan fingerprint density at radius 2 is 1.63 bits per heavy atom. The van der Waals surface area contributed by atoms with Gasteiger partial charge in [0.15, 0.2) is 0 Å². The predicted molar refractivity (Wildman–Crippen MR) is 107 cm³/mol. The van der Waals surface area contributed by atoms with Gasteiger partial charge in [-0.05, 0) is 41.8 Å². The average Bonchev–Trinajstić information content (AvgIpc) is 2.67. The zero-order chi connectivity index (χ0) is 19.6. The molecule has 0 aliphatic carbocycles. The molecule has 0 saturated heterocycles. The van der Waals surface area contributed by atoms with Crippen LogP contribution in [0.15, 0.2) is 48.5 Å². The topological polar surface area (TPSA) is 58.6 Å². The van der Waals surface area contributed by atoms with E-state index in [1.807, 2.05) is 48.5 Å². The number of methoxy groups -OCH3 is 1. The summed E-state index contributed by atoms with van der Waals surface area (Å²) in [5.74, 6) is 0.665. The quantitative estimate of drug-likeness (QED) is 0.715. The lowest BCUT2D eigenvalue weighted by Gasteiger charge is -2.21. The molecule has 2 rings (SSSR count). The molecule has 6 heteroatoms. The van der Waals surface area contributed by atoms with Gasteiger partial charge in [-0.25, -0.2) is 0 Å². The first kappa shape index (κ1) is 20.8. The van der Waals surface area contributed by atoms with Gasteiger partial charge in [-0.3, -0.25) is 9.59 Å². The van der Waals surface area contributed by atoms with Crippen molar-refractivity contribution >= 4 is 23.4 Å². The van der Waals surface area contributed by atoms with Crippen LogP contribution in [-0.4, -0.2) is 36.9 Å². The normalized spacial score (nSPS) is 10.3. The molecule has 0 saturated carbocycles. The number of carbonyl (C=O) groups is 2. The van der Waals surface area contributed by atoms with E-state index in [0.29, 0.717) is 24.7 Å². The van der Waals surface area contributed by atoms with E-state index in [2.05, 4.69) is 5.32 Å². The van der Waals surface area contributed by atoms with Crippen molar-refractivity contribution in [3.05, 3.63) is 64.7 Å². The molecule has 27 heavy (non-hydrogen) atoms. The number of benzene rings is 2. The third kappa shape index (κ3) is 7.31. The average molecular weight is 389 g/mol. The van der Waals surface area contributed by atoms with Crippen LogP contribution in [0.2, 0.25) is 5.02 Å². The highest BCUT2D eigenvalue weighted by molar-refractivity contribution is 6.30. The van der Waals surface area contributed by atoms with Crippen molar-refractivity contribution in [2.45, 2.75) is 26.3 Å². The van der Waals surface area contributed by atoms with Gasteiger partial charge in [-0.15, -0.1) is 0 Å². The standard InChI is InChI=1S/C21H25ClN2O3/c1-16(25)24(13-11-17-3-7-19(22)8-4-17)14-12-21(26)23-15-18-5-9-20(27-2)10-6-18/h3-10H,11-15H2,1-2H3,(H,23,26). The van der Waals surface area contributed by atoms with E-state index in [-0.39, 0.29) is 18.2 Å². The van der Waals surface area contributed by atoms with E-state index in [1.54, 1.807) is 12.0 Å². The van der Waals surface area contributed by atoms with Gasteiger partial charge in [0.25, 0.3) is 0 Å². The van der Waals surface area contributed by atoms with Gasteiger partial charge < -0.3 is 15.0 Å². The Labute approximate surface area is 165 Å². The minimum absolute atomic E-state index is 0.0353. The van der Waals surface area contributed by atoms with Crippen molar-refractivity contribution in [3.8, 4) is 5.75 Å². The fourth-order valence-electron chi connectivity index (χ4n) is 2.61. The summed E-state index contributed by atoms with van der Waals surface area (Å²) in [4.78, 5) is 25.6. The molecular weight excluding hydrogens is 364 g/mol. The molecule has 0 atom stereocenters. The SMILES string of the molecule is COc1ccc(CNC(=O)CCN(CCc2ccc(Cl)cc2)C(C)=O)cc1. The van der Waals surface area contributed by atoms with Gasteiger partial charge >= 0.3 is 0 Å². The second-order valence-electron chi connectivity index (χ2n) is 6.26. The zero-order valence-electron chi connectivity index (χ0n) is 15.7. The predicted octanol–water partition coefficient (Wildman–Crippen LogP) is 3.45. The largest absolute Gasteiger partial charge is 0.497 e. The van der Waals surface area contributed by atoms with Crippen molar-refractivity contribution in [1.82, 2.24) is 10.2 Å². The maximum atomic E-state index is 12.1. The Hall–Kier alpha value is -2.53. The van der Waals surface area contributed by atoms with Crippen molar-refractivity contribution in [2.24, 2.45) is 0 Å². The van der Waals surface area contributed by atoms with Crippen LogP contribution in [-0.2, 0) is 22.6 Å². The Morgan fingerprint density at radius 3 is 2.22 bits per heavy atom. The molecule has 0 unspecified atom stereocenters. The molecule has 0 heterocycles. The van der Waals surface area contributed by atoms with Crippen LogP contribution in [0, 0.1) is 0 Å². The van der Waals surface area contributed by atoms with E-state index in [0.717, 1.165) is 23.3 Å². The lowest BCUT2D eigenvalue weighted by molar-refractivity contribution is -0.129. The smallest absolute Gasteiger partial charge is 0.222 e. The van der Waals surface area contributed by atoms with Crippen LogP contribution in [0.5, 0.6) is 5.75 Å². The minimum atomic E-state index is -0.0800. The highest BCUT2D eigenvalue weighted by Crippen LogP contribution is 2.12. The molecule has 0 spiro atoms. The molecule has 5 nitrogen and oxygen atoms in total. The second kappa shape index (κ2) is 10.6. The highest BCUT2D eigenvalue weighted by Gasteiger charge is 2.11. The molecule has 0 aliphatic heterocycles. The van der Waals surface area contributed by atoms with Gasteiger partial charge in [0.1, 0.15) is 5.75 Å². The summed E-state index contributed by atoms with van der Waals surface area (Å²) in [5.41, 5.74) is 2.10. The summed E-state index contributed by atoms with van der Waals surface area (Å²) in [7, 11) is 1.62. The van der Waals surface area contributed by atoms with Crippen LogP contribution in [0.4, 0.5) is 0 Å². The molecule has 2 aromatic carbocycles. The van der Waals surface area contributed by atoms with E-state index >= 15 is 0 Å². The number of rotatable bonds is 9. The van der Waals surface area contributed by atoms with Crippen LogP contribution < -0.4 is 10.1 Å². The number of carbonyl (C=O) groups excluding carboxylic acids is 2. The van der Waals surface area contributed by atoms with E-state index in [1.165, 1.54) is 6.92 Å². The van der Waals surface area contributed by atoms with Crippen molar-refractivity contribution in [3.63, 3.8) is 0 Å². The van der Waals surface area contributed by atoms with Crippen LogP contribution in [0.3, 0.4) is 0 Å². The molecule has 144 valence electrons. The number of nitrogens with zero attached hydrogens (tertiary/aromatic N) is 1. The summed E-state index contributed by atoms with van der Waals surface area (Å²) < 4.78 is 5.11. The van der Waals surface area contributed by atoms with Crippen LogP contribution in [0.1, 0.15) is 24.5 Å². The van der Waals surface area contributed by atoms with Gasteiger partial charge in [0, 0.05) is 38.0 Å². The van der Waals surface area contributed by atoms with Crippen LogP contribution in [0.25, 0.3) is 0 Å². The fourth-order valence-corrected chi connectivity index (χ4v) is 2.74. The summed E-state index contributed by atoms with van der Waals surface area (Å²) in [5, 5.41) is 3.57.